The number of nitrogens with zero attached hydrogens (tertiary/aromatic N) is 2. The molecule has 0 spiro atoms. The van der Waals surface area contributed by atoms with Gasteiger partial charge in [-0.05, 0) is 31.9 Å². The maximum Gasteiger partial charge on any atom is 0.270 e. The van der Waals surface area contributed by atoms with Gasteiger partial charge in [0.25, 0.3) is 5.69 Å². The number of benzene rings is 1. The van der Waals surface area contributed by atoms with E-state index >= 15 is 0 Å². The maximum atomic E-state index is 11.0. The van der Waals surface area contributed by atoms with Crippen molar-refractivity contribution in [2.45, 2.75) is 25.8 Å². The Morgan fingerprint density at radius 1 is 1.33 bits per heavy atom. The number of hydrogen-bond donors (Lipinski definition) is 1. The van der Waals surface area contributed by atoms with Crippen molar-refractivity contribution in [3.05, 3.63) is 40.1 Å². The number of ether oxygens (including phenoxy) is 1. The molecule has 1 saturated heterocycles. The summed E-state index contributed by atoms with van der Waals surface area (Å²) in [5, 5.41) is 15.2. The van der Waals surface area contributed by atoms with Crippen molar-refractivity contribution in [3.8, 4) is 0 Å². The van der Waals surface area contributed by atoms with Gasteiger partial charge < -0.3 is 10.1 Å². The molecule has 0 radical (unpaired) electrons. The molecule has 1 fully saturated rings. The molecule has 3 rings (SSSR count). The van der Waals surface area contributed by atoms with Crippen LogP contribution in [0.3, 0.4) is 0 Å². The number of aryl methyl sites for hydroxylation is 1. The number of aromatic nitrogens is 1. The third kappa shape index (κ3) is 2.95. The Labute approximate surface area is 122 Å². The van der Waals surface area contributed by atoms with Crippen LogP contribution in [-0.2, 0) is 4.74 Å². The van der Waals surface area contributed by atoms with Gasteiger partial charge in [0.1, 0.15) is 0 Å². The van der Waals surface area contributed by atoms with Gasteiger partial charge in [0, 0.05) is 48.2 Å². The van der Waals surface area contributed by atoms with Crippen molar-refractivity contribution >= 4 is 22.3 Å². The smallest absolute Gasteiger partial charge is 0.270 e. The number of non-ortho nitro benzene ring substituents is 1. The van der Waals surface area contributed by atoms with Gasteiger partial charge in [0.2, 0.25) is 0 Å². The van der Waals surface area contributed by atoms with Gasteiger partial charge in [-0.15, -0.1) is 0 Å². The summed E-state index contributed by atoms with van der Waals surface area (Å²) in [6.07, 6.45) is 1.88. The van der Waals surface area contributed by atoms with Crippen molar-refractivity contribution in [2.24, 2.45) is 0 Å². The lowest BCUT2D eigenvalue weighted by molar-refractivity contribution is -0.384. The fraction of sp³-hybridized carbons (Fsp3) is 0.400. The molecule has 1 aromatic heterocycles. The quantitative estimate of drug-likeness (QED) is 0.693. The zero-order valence-corrected chi connectivity index (χ0v) is 11.8. The first-order valence-electron chi connectivity index (χ1n) is 7.03. The minimum atomic E-state index is -0.377. The molecule has 2 aromatic rings. The highest BCUT2D eigenvalue weighted by molar-refractivity contribution is 5.93. The molecule has 0 amide bonds. The van der Waals surface area contributed by atoms with Gasteiger partial charge in [-0.1, -0.05) is 0 Å². The summed E-state index contributed by atoms with van der Waals surface area (Å²) < 4.78 is 5.36. The summed E-state index contributed by atoms with van der Waals surface area (Å²) >= 11 is 0. The minimum absolute atomic E-state index is 0.0863. The van der Waals surface area contributed by atoms with Crippen LogP contribution in [0.1, 0.15) is 18.5 Å². The standard InChI is InChI=1S/C15H17N3O3/c1-10-8-15(17-11-4-6-21-7-5-11)13-9-12(18(19)20)2-3-14(13)16-10/h2-3,8-9,11H,4-7H2,1H3,(H,16,17). The molecule has 6 heteroatoms. The Morgan fingerprint density at radius 2 is 2.10 bits per heavy atom. The SMILES string of the molecule is Cc1cc(NC2CCOCC2)c2cc([N+](=O)[O-])ccc2n1. The molecule has 2 heterocycles. The molecule has 6 nitrogen and oxygen atoms in total. The van der Waals surface area contributed by atoms with Crippen molar-refractivity contribution in [1.29, 1.82) is 0 Å². The Bertz CT molecular complexity index is 681. The van der Waals surface area contributed by atoms with Gasteiger partial charge in [-0.3, -0.25) is 15.1 Å². The summed E-state index contributed by atoms with van der Waals surface area (Å²) in [6, 6.07) is 7.07. The van der Waals surface area contributed by atoms with Crippen LogP contribution in [0.4, 0.5) is 11.4 Å². The van der Waals surface area contributed by atoms with Gasteiger partial charge in [-0.2, -0.15) is 0 Å². The molecule has 1 aliphatic rings. The summed E-state index contributed by atoms with van der Waals surface area (Å²) in [4.78, 5) is 15.0. The molecule has 0 bridgehead atoms. The van der Waals surface area contributed by atoms with Gasteiger partial charge >= 0.3 is 0 Å². The largest absolute Gasteiger partial charge is 0.382 e. The Morgan fingerprint density at radius 3 is 2.81 bits per heavy atom. The number of anilines is 1. The lowest BCUT2D eigenvalue weighted by atomic mass is 10.1. The molecule has 0 saturated carbocycles. The van der Waals surface area contributed by atoms with Crippen molar-refractivity contribution in [1.82, 2.24) is 4.98 Å². The van der Waals surface area contributed by atoms with E-state index in [4.69, 9.17) is 4.74 Å². The summed E-state index contributed by atoms with van der Waals surface area (Å²) in [5.41, 5.74) is 2.66. The fourth-order valence-electron chi connectivity index (χ4n) is 2.64. The average Bonchev–Trinajstić information content (AvgIpc) is 2.47. The van der Waals surface area contributed by atoms with E-state index in [0.29, 0.717) is 6.04 Å². The predicted octanol–water partition coefficient (Wildman–Crippen LogP) is 3.04. The van der Waals surface area contributed by atoms with Crippen molar-refractivity contribution < 1.29 is 9.66 Å². The van der Waals surface area contributed by atoms with Crippen molar-refractivity contribution in [2.75, 3.05) is 18.5 Å². The number of nitro benzene ring substituents is 1. The number of fused-ring (bicyclic) bond motifs is 1. The molecule has 1 aliphatic heterocycles. The lowest BCUT2D eigenvalue weighted by Gasteiger charge is -2.25. The average molecular weight is 287 g/mol. The van der Waals surface area contributed by atoms with Crippen LogP contribution in [0.5, 0.6) is 0 Å². The van der Waals surface area contributed by atoms with Gasteiger partial charge in [0.05, 0.1) is 10.4 Å². The fourth-order valence-corrected chi connectivity index (χ4v) is 2.64. The van der Waals surface area contributed by atoms with E-state index in [-0.39, 0.29) is 10.6 Å². The summed E-state index contributed by atoms with van der Waals surface area (Å²) in [7, 11) is 0. The van der Waals surface area contributed by atoms with E-state index in [0.717, 1.165) is 48.3 Å². The second-order valence-corrected chi connectivity index (χ2v) is 5.30. The molecule has 0 atom stereocenters. The van der Waals surface area contributed by atoms with Crippen molar-refractivity contribution in [3.63, 3.8) is 0 Å². The van der Waals surface area contributed by atoms with E-state index in [1.807, 2.05) is 13.0 Å². The third-order valence-corrected chi connectivity index (χ3v) is 3.71. The monoisotopic (exact) mass is 287 g/mol. The summed E-state index contributed by atoms with van der Waals surface area (Å²) in [5.74, 6) is 0. The highest BCUT2D eigenvalue weighted by atomic mass is 16.6. The molecule has 21 heavy (non-hydrogen) atoms. The molecule has 110 valence electrons. The molecular weight excluding hydrogens is 270 g/mol. The van der Waals surface area contributed by atoms with Crippen LogP contribution in [0.15, 0.2) is 24.3 Å². The van der Waals surface area contributed by atoms with E-state index in [2.05, 4.69) is 10.3 Å². The van der Waals surface area contributed by atoms with Gasteiger partial charge in [0.15, 0.2) is 0 Å². The van der Waals surface area contributed by atoms with E-state index in [1.165, 1.54) is 6.07 Å². The first-order valence-corrected chi connectivity index (χ1v) is 7.03. The highest BCUT2D eigenvalue weighted by Crippen LogP contribution is 2.28. The van der Waals surface area contributed by atoms with Crippen LogP contribution >= 0.6 is 0 Å². The normalized spacial score (nSPS) is 16.0. The van der Waals surface area contributed by atoms with Crippen LogP contribution in [0.2, 0.25) is 0 Å². The number of rotatable bonds is 3. The summed E-state index contributed by atoms with van der Waals surface area (Å²) in [6.45, 7) is 3.43. The van der Waals surface area contributed by atoms with Crippen LogP contribution in [0.25, 0.3) is 10.9 Å². The Hall–Kier alpha value is -2.21. The minimum Gasteiger partial charge on any atom is -0.382 e. The lowest BCUT2D eigenvalue weighted by Crippen LogP contribution is -2.28. The van der Waals surface area contributed by atoms with Gasteiger partial charge in [-0.25, -0.2) is 0 Å². The van der Waals surface area contributed by atoms with E-state index < -0.39 is 0 Å². The second-order valence-electron chi connectivity index (χ2n) is 5.30. The zero-order chi connectivity index (χ0) is 14.8. The molecule has 1 aromatic carbocycles. The highest BCUT2D eigenvalue weighted by Gasteiger charge is 2.16. The third-order valence-electron chi connectivity index (χ3n) is 3.71. The molecular formula is C15H17N3O3. The predicted molar refractivity (Wildman–Crippen MR) is 80.6 cm³/mol. The van der Waals surface area contributed by atoms with Crippen LogP contribution in [-0.4, -0.2) is 29.2 Å². The maximum absolute atomic E-state index is 11.0. The number of nitro groups is 1. The van der Waals surface area contributed by atoms with E-state index in [1.54, 1.807) is 12.1 Å². The Kier molecular flexibility index (Phi) is 3.70. The topological polar surface area (TPSA) is 77.3 Å². The van der Waals surface area contributed by atoms with Crippen LogP contribution in [0, 0.1) is 17.0 Å². The molecule has 0 unspecified atom stereocenters. The van der Waals surface area contributed by atoms with Crippen LogP contribution < -0.4 is 5.32 Å². The number of pyridine rings is 1. The Balaban J connectivity index is 2.01. The number of nitrogens with one attached hydrogen (secondary N) is 1. The van der Waals surface area contributed by atoms with E-state index in [9.17, 15) is 10.1 Å². The molecule has 0 aliphatic carbocycles. The second kappa shape index (κ2) is 5.65. The zero-order valence-electron chi connectivity index (χ0n) is 11.8. The first kappa shape index (κ1) is 13.8. The molecule has 1 N–H and O–H groups in total. The number of hydrogen-bond acceptors (Lipinski definition) is 5. The first-order chi connectivity index (χ1) is 10.1.